The Kier molecular flexibility index (Phi) is 3.35. The van der Waals surface area contributed by atoms with E-state index in [1.54, 1.807) is 0 Å². The van der Waals surface area contributed by atoms with Gasteiger partial charge in [0, 0.05) is 30.3 Å². The van der Waals surface area contributed by atoms with E-state index >= 15 is 0 Å². The second-order valence-corrected chi connectivity index (χ2v) is 6.85. The number of carbonyl (C=O) groups is 1. The van der Waals surface area contributed by atoms with E-state index in [9.17, 15) is 4.79 Å². The van der Waals surface area contributed by atoms with Crippen LogP contribution in [0.4, 0.5) is 5.13 Å². The van der Waals surface area contributed by atoms with Crippen LogP contribution in [0.5, 0.6) is 0 Å². The number of rotatable bonds is 3. The molecule has 0 spiro atoms. The van der Waals surface area contributed by atoms with Gasteiger partial charge in [0.1, 0.15) is 0 Å². The Morgan fingerprint density at radius 1 is 1.36 bits per heavy atom. The lowest BCUT2D eigenvalue weighted by molar-refractivity contribution is -0.121. The average Bonchev–Trinajstić information content (AvgIpc) is 3.18. The van der Waals surface area contributed by atoms with Crippen LogP contribution in [0.25, 0.3) is 0 Å². The smallest absolute Gasteiger partial charge is 0.226 e. The van der Waals surface area contributed by atoms with E-state index in [4.69, 9.17) is 5.73 Å². The van der Waals surface area contributed by atoms with Crippen LogP contribution >= 0.6 is 11.3 Å². The number of nitrogens with two attached hydrogens (primary N) is 1. The van der Waals surface area contributed by atoms with Gasteiger partial charge >= 0.3 is 0 Å². The molecular formula is C16H18N4OS. The number of fused-ring (bicyclic) bond motifs is 3. The molecule has 3 atom stereocenters. The molecule has 22 heavy (non-hydrogen) atoms. The van der Waals surface area contributed by atoms with Crippen molar-refractivity contribution < 1.29 is 4.79 Å². The van der Waals surface area contributed by atoms with Crippen molar-refractivity contribution >= 4 is 22.4 Å². The predicted molar refractivity (Wildman–Crippen MR) is 86.7 cm³/mol. The Labute approximate surface area is 132 Å². The zero-order chi connectivity index (χ0) is 15.1. The standard InChI is InChI=1S/C16H18N4OS/c17-16-19-9(8-22-16)5-14(21)20-15-11-4-2-1-3-10(11)12-6-18-7-13(12)15/h1-4,8,12-13,15,18H,5-7H2,(H2,17,19)(H,20,21)/t12-,13-,15-/m0/s1. The van der Waals surface area contributed by atoms with Crippen molar-refractivity contribution in [3.05, 3.63) is 46.5 Å². The summed E-state index contributed by atoms with van der Waals surface area (Å²) in [6.45, 7) is 1.95. The molecule has 1 aliphatic carbocycles. The second kappa shape index (κ2) is 5.37. The molecule has 4 N–H and O–H groups in total. The fourth-order valence-corrected chi connectivity index (χ4v) is 4.29. The molecule has 114 valence electrons. The largest absolute Gasteiger partial charge is 0.375 e. The van der Waals surface area contributed by atoms with Crippen LogP contribution in [0.3, 0.4) is 0 Å². The Morgan fingerprint density at radius 2 is 2.18 bits per heavy atom. The normalized spacial score (nSPS) is 25.7. The number of benzene rings is 1. The summed E-state index contributed by atoms with van der Waals surface area (Å²) in [6.07, 6.45) is 0.289. The first-order valence-electron chi connectivity index (χ1n) is 7.51. The van der Waals surface area contributed by atoms with Gasteiger partial charge < -0.3 is 16.4 Å². The SMILES string of the molecule is Nc1nc(CC(=O)N[C@H]2c3ccccc3[C@@H]3CNC[C@@H]32)cs1. The summed E-state index contributed by atoms with van der Waals surface area (Å²) >= 11 is 1.37. The van der Waals surface area contributed by atoms with Crippen molar-refractivity contribution in [2.24, 2.45) is 5.92 Å². The van der Waals surface area contributed by atoms with Gasteiger partial charge in [-0.15, -0.1) is 11.3 Å². The molecule has 4 rings (SSSR count). The Bertz CT molecular complexity index is 714. The van der Waals surface area contributed by atoms with Gasteiger partial charge in [-0.2, -0.15) is 0 Å². The lowest BCUT2D eigenvalue weighted by atomic mass is 9.94. The number of nitrogen functional groups attached to an aromatic ring is 1. The van der Waals surface area contributed by atoms with E-state index in [0.29, 0.717) is 17.0 Å². The monoisotopic (exact) mass is 314 g/mol. The molecule has 2 aliphatic rings. The molecule has 1 amide bonds. The summed E-state index contributed by atoms with van der Waals surface area (Å²) in [6, 6.07) is 8.55. The first-order chi connectivity index (χ1) is 10.7. The van der Waals surface area contributed by atoms with Crippen LogP contribution in [0, 0.1) is 5.92 Å². The maximum Gasteiger partial charge on any atom is 0.226 e. The van der Waals surface area contributed by atoms with Gasteiger partial charge in [0.2, 0.25) is 5.91 Å². The van der Waals surface area contributed by atoms with E-state index in [-0.39, 0.29) is 18.4 Å². The van der Waals surface area contributed by atoms with Crippen LogP contribution < -0.4 is 16.4 Å². The molecule has 2 aromatic rings. The van der Waals surface area contributed by atoms with Gasteiger partial charge in [-0.1, -0.05) is 24.3 Å². The van der Waals surface area contributed by atoms with E-state index < -0.39 is 0 Å². The summed E-state index contributed by atoms with van der Waals surface area (Å²) in [4.78, 5) is 16.5. The molecular weight excluding hydrogens is 296 g/mol. The number of amides is 1. The van der Waals surface area contributed by atoms with Crippen molar-refractivity contribution in [3.63, 3.8) is 0 Å². The Morgan fingerprint density at radius 3 is 2.95 bits per heavy atom. The average molecular weight is 314 g/mol. The third-order valence-electron chi connectivity index (χ3n) is 4.65. The van der Waals surface area contributed by atoms with Gasteiger partial charge in [0.05, 0.1) is 18.2 Å². The predicted octanol–water partition coefficient (Wildman–Crippen LogP) is 1.44. The van der Waals surface area contributed by atoms with Crippen molar-refractivity contribution in [2.75, 3.05) is 18.8 Å². The maximum absolute atomic E-state index is 12.4. The summed E-state index contributed by atoms with van der Waals surface area (Å²) in [7, 11) is 0. The van der Waals surface area contributed by atoms with Gasteiger partial charge in [-0.05, 0) is 11.1 Å². The number of hydrogen-bond donors (Lipinski definition) is 3. The van der Waals surface area contributed by atoms with E-state index in [1.165, 1.54) is 22.5 Å². The summed E-state index contributed by atoms with van der Waals surface area (Å²) in [5.74, 6) is 0.968. The molecule has 0 saturated carbocycles. The minimum absolute atomic E-state index is 0.0117. The van der Waals surface area contributed by atoms with Crippen molar-refractivity contribution in [3.8, 4) is 0 Å². The number of aromatic nitrogens is 1. The third-order valence-corrected chi connectivity index (χ3v) is 5.37. The topological polar surface area (TPSA) is 80.0 Å². The number of carbonyl (C=O) groups excluding carboxylic acids is 1. The Balaban J connectivity index is 1.53. The molecule has 1 fully saturated rings. The fraction of sp³-hybridized carbons (Fsp3) is 0.375. The van der Waals surface area contributed by atoms with Gasteiger partial charge in [-0.25, -0.2) is 4.98 Å². The number of nitrogens with one attached hydrogen (secondary N) is 2. The zero-order valence-electron chi connectivity index (χ0n) is 12.1. The molecule has 5 nitrogen and oxygen atoms in total. The quantitative estimate of drug-likeness (QED) is 0.801. The van der Waals surface area contributed by atoms with Crippen LogP contribution in [-0.2, 0) is 11.2 Å². The zero-order valence-corrected chi connectivity index (χ0v) is 12.9. The number of hydrogen-bond acceptors (Lipinski definition) is 5. The molecule has 0 bridgehead atoms. The molecule has 1 aromatic carbocycles. The highest BCUT2D eigenvalue weighted by atomic mass is 32.1. The molecule has 1 aromatic heterocycles. The second-order valence-electron chi connectivity index (χ2n) is 5.96. The number of nitrogens with zero attached hydrogens (tertiary/aromatic N) is 1. The van der Waals surface area contributed by atoms with Crippen molar-refractivity contribution in [1.82, 2.24) is 15.6 Å². The lowest BCUT2D eigenvalue weighted by Crippen LogP contribution is -2.34. The highest BCUT2D eigenvalue weighted by Gasteiger charge is 2.43. The summed E-state index contributed by atoms with van der Waals surface area (Å²) in [5, 5.41) is 9.01. The number of anilines is 1. The highest BCUT2D eigenvalue weighted by molar-refractivity contribution is 7.13. The Hall–Kier alpha value is -1.92. The van der Waals surface area contributed by atoms with Crippen LogP contribution in [0.1, 0.15) is 28.8 Å². The van der Waals surface area contributed by atoms with Crippen LogP contribution in [0.2, 0.25) is 0 Å². The maximum atomic E-state index is 12.4. The summed E-state index contributed by atoms with van der Waals surface area (Å²) < 4.78 is 0. The molecule has 0 unspecified atom stereocenters. The van der Waals surface area contributed by atoms with Gasteiger partial charge in [0.25, 0.3) is 0 Å². The molecule has 0 radical (unpaired) electrons. The van der Waals surface area contributed by atoms with E-state index in [2.05, 4.69) is 33.8 Å². The minimum Gasteiger partial charge on any atom is -0.375 e. The third kappa shape index (κ3) is 2.28. The van der Waals surface area contributed by atoms with E-state index in [0.717, 1.165) is 18.8 Å². The van der Waals surface area contributed by atoms with E-state index in [1.807, 2.05) is 11.4 Å². The minimum atomic E-state index is 0.0117. The molecule has 1 saturated heterocycles. The first-order valence-corrected chi connectivity index (χ1v) is 8.39. The molecule has 1 aliphatic heterocycles. The number of thiazole rings is 1. The van der Waals surface area contributed by atoms with Crippen LogP contribution in [0.15, 0.2) is 29.6 Å². The van der Waals surface area contributed by atoms with Crippen molar-refractivity contribution in [2.45, 2.75) is 18.4 Å². The fourth-order valence-electron chi connectivity index (χ4n) is 3.73. The van der Waals surface area contributed by atoms with Gasteiger partial charge in [0.15, 0.2) is 5.13 Å². The molecule has 6 heteroatoms. The lowest BCUT2D eigenvalue weighted by Gasteiger charge is -2.20. The van der Waals surface area contributed by atoms with Crippen molar-refractivity contribution in [1.29, 1.82) is 0 Å². The molecule has 2 heterocycles. The first kappa shape index (κ1) is 13.7. The summed E-state index contributed by atoms with van der Waals surface area (Å²) in [5.41, 5.74) is 9.01. The highest BCUT2D eigenvalue weighted by Crippen LogP contribution is 2.46. The van der Waals surface area contributed by atoms with Gasteiger partial charge in [-0.3, -0.25) is 4.79 Å². The van der Waals surface area contributed by atoms with Crippen LogP contribution in [-0.4, -0.2) is 24.0 Å².